The van der Waals surface area contributed by atoms with E-state index < -0.39 is 30.6 Å². The minimum absolute atomic E-state index is 0.0728. The van der Waals surface area contributed by atoms with Crippen LogP contribution in [-0.4, -0.2) is 76.6 Å². The van der Waals surface area contributed by atoms with Crippen LogP contribution >= 0.6 is 0 Å². The number of aliphatic hydroxyl groups is 2. The maximum Gasteiger partial charge on any atom is 0.432 e. The molecule has 3 aromatic rings. The van der Waals surface area contributed by atoms with Crippen LogP contribution in [0.25, 0.3) is 11.4 Å². The van der Waals surface area contributed by atoms with Crippen LogP contribution < -0.4 is 9.80 Å². The Hall–Kier alpha value is -3.64. The molecule has 0 bridgehead atoms. The number of imidazole rings is 1. The summed E-state index contributed by atoms with van der Waals surface area (Å²) < 4.78 is 43.3. The molecule has 36 heavy (non-hydrogen) atoms. The minimum atomic E-state index is -4.48. The van der Waals surface area contributed by atoms with Crippen LogP contribution in [0, 0.1) is 0 Å². The molecule has 0 saturated carbocycles. The van der Waals surface area contributed by atoms with E-state index in [0.29, 0.717) is 18.7 Å². The first-order valence-corrected chi connectivity index (χ1v) is 11.3. The van der Waals surface area contributed by atoms with Crippen LogP contribution in [0.1, 0.15) is 11.3 Å². The van der Waals surface area contributed by atoms with E-state index in [1.807, 2.05) is 24.3 Å². The van der Waals surface area contributed by atoms with Gasteiger partial charge in [-0.15, -0.1) is 0 Å². The van der Waals surface area contributed by atoms with Crippen molar-refractivity contribution in [2.75, 3.05) is 49.2 Å². The van der Waals surface area contributed by atoms with Crippen LogP contribution in [0.5, 0.6) is 0 Å². The number of carbonyl (C=O) groups is 1. The molecule has 0 amide bonds. The second kappa shape index (κ2) is 11.0. The summed E-state index contributed by atoms with van der Waals surface area (Å²) in [7, 11) is 0. The highest BCUT2D eigenvalue weighted by Gasteiger charge is 2.33. The number of benzene rings is 1. The summed E-state index contributed by atoms with van der Waals surface area (Å²) in [6.45, 7) is 2.22. The summed E-state index contributed by atoms with van der Waals surface area (Å²) in [5.74, 6) is 0.377. The molecule has 12 heteroatoms. The highest BCUT2D eigenvalue weighted by Crippen LogP contribution is 2.29. The standard InChI is InChI=1S/C24H26F3N5O4/c25-24(26,27)20-13-29-23(30-20)17-3-6-21(28-12-17)32-9-7-31(8-10-32)18-4-1-16(2-5-18)11-22(35)36-15-19(34)14-33/h1-6,12-13,19,33-34H,7-11,14-15H2,(H,29,30). The van der Waals surface area contributed by atoms with E-state index in [1.165, 1.54) is 6.20 Å². The van der Waals surface area contributed by atoms with Gasteiger partial charge in [0.1, 0.15) is 30.0 Å². The van der Waals surface area contributed by atoms with Gasteiger partial charge < -0.3 is 29.7 Å². The van der Waals surface area contributed by atoms with Crippen LogP contribution in [0.2, 0.25) is 0 Å². The lowest BCUT2D eigenvalue weighted by Crippen LogP contribution is -2.46. The Morgan fingerprint density at radius 2 is 1.72 bits per heavy atom. The largest absolute Gasteiger partial charge is 0.463 e. The summed E-state index contributed by atoms with van der Waals surface area (Å²) in [4.78, 5) is 26.7. The summed E-state index contributed by atoms with van der Waals surface area (Å²) >= 11 is 0. The van der Waals surface area contributed by atoms with Crippen molar-refractivity contribution in [3.63, 3.8) is 0 Å². The number of rotatable bonds is 8. The van der Waals surface area contributed by atoms with Crippen LogP contribution in [-0.2, 0) is 22.1 Å². The third kappa shape index (κ3) is 6.32. The molecule has 0 spiro atoms. The number of aliphatic hydroxyl groups excluding tert-OH is 2. The van der Waals surface area contributed by atoms with Gasteiger partial charge in [0.05, 0.1) is 19.2 Å². The van der Waals surface area contributed by atoms with Gasteiger partial charge in [0.25, 0.3) is 0 Å². The number of esters is 1. The molecule has 1 unspecified atom stereocenters. The van der Waals surface area contributed by atoms with E-state index in [1.54, 1.807) is 12.1 Å². The summed E-state index contributed by atoms with van der Waals surface area (Å²) in [6.07, 6.45) is -3.20. The molecular formula is C24H26F3N5O4. The maximum atomic E-state index is 12.8. The topological polar surface area (TPSA) is 115 Å². The summed E-state index contributed by atoms with van der Waals surface area (Å²) in [6, 6.07) is 11.0. The average Bonchev–Trinajstić information content (AvgIpc) is 3.39. The zero-order chi connectivity index (χ0) is 25.7. The zero-order valence-corrected chi connectivity index (χ0v) is 19.3. The van der Waals surface area contributed by atoms with E-state index in [-0.39, 0.29) is 18.9 Å². The number of ether oxygens (including phenoxy) is 1. The van der Waals surface area contributed by atoms with Crippen molar-refractivity contribution in [2.24, 2.45) is 0 Å². The van der Waals surface area contributed by atoms with Crippen molar-refractivity contribution in [1.29, 1.82) is 0 Å². The zero-order valence-electron chi connectivity index (χ0n) is 19.3. The fourth-order valence-corrected chi connectivity index (χ4v) is 3.80. The Labute approximate surface area is 205 Å². The second-order valence-corrected chi connectivity index (χ2v) is 8.39. The predicted octanol–water partition coefficient (Wildman–Crippen LogP) is 2.26. The molecule has 3 N–H and O–H groups in total. The molecule has 192 valence electrons. The number of piperazine rings is 1. The van der Waals surface area contributed by atoms with E-state index in [2.05, 4.69) is 24.8 Å². The van der Waals surface area contributed by atoms with Crippen molar-refractivity contribution in [3.05, 3.63) is 60.0 Å². The van der Waals surface area contributed by atoms with E-state index in [9.17, 15) is 23.1 Å². The molecular weight excluding hydrogens is 479 g/mol. The summed E-state index contributed by atoms with van der Waals surface area (Å²) in [5, 5.41) is 18.0. The highest BCUT2D eigenvalue weighted by atomic mass is 19.4. The lowest BCUT2D eigenvalue weighted by Gasteiger charge is -2.36. The molecule has 1 aromatic carbocycles. The van der Waals surface area contributed by atoms with Gasteiger partial charge in [-0.1, -0.05) is 12.1 Å². The molecule has 2 aromatic heterocycles. The Balaban J connectivity index is 1.28. The normalized spacial score (nSPS) is 15.1. The monoisotopic (exact) mass is 505 g/mol. The molecule has 1 aliphatic rings. The van der Waals surface area contributed by atoms with E-state index in [0.717, 1.165) is 36.4 Å². The number of aromatic amines is 1. The Morgan fingerprint density at radius 1 is 1.03 bits per heavy atom. The molecule has 0 radical (unpaired) electrons. The number of nitrogens with zero attached hydrogens (tertiary/aromatic N) is 4. The van der Waals surface area contributed by atoms with Gasteiger partial charge in [-0.25, -0.2) is 9.97 Å². The predicted molar refractivity (Wildman–Crippen MR) is 125 cm³/mol. The number of anilines is 2. The maximum absolute atomic E-state index is 12.8. The van der Waals surface area contributed by atoms with E-state index in [4.69, 9.17) is 9.84 Å². The number of hydrogen-bond acceptors (Lipinski definition) is 8. The fraction of sp³-hybridized carbons (Fsp3) is 0.375. The number of halogens is 3. The van der Waals surface area contributed by atoms with Gasteiger partial charge in [-0.3, -0.25) is 4.79 Å². The van der Waals surface area contributed by atoms with Crippen molar-refractivity contribution >= 4 is 17.5 Å². The average molecular weight is 505 g/mol. The number of H-pyrrole nitrogens is 1. The van der Waals surface area contributed by atoms with Gasteiger partial charge in [0.15, 0.2) is 0 Å². The number of nitrogens with one attached hydrogen (secondary N) is 1. The third-order valence-electron chi connectivity index (χ3n) is 5.80. The first-order valence-electron chi connectivity index (χ1n) is 11.3. The molecule has 9 nitrogen and oxygen atoms in total. The van der Waals surface area contributed by atoms with E-state index >= 15 is 0 Å². The third-order valence-corrected chi connectivity index (χ3v) is 5.80. The minimum Gasteiger partial charge on any atom is -0.463 e. The van der Waals surface area contributed by atoms with Crippen LogP contribution in [0.15, 0.2) is 48.8 Å². The Morgan fingerprint density at radius 3 is 2.31 bits per heavy atom. The van der Waals surface area contributed by atoms with Gasteiger partial charge in [-0.05, 0) is 29.8 Å². The molecule has 1 atom stereocenters. The molecule has 1 fully saturated rings. The molecule has 1 saturated heterocycles. The number of pyridine rings is 1. The van der Waals surface area contributed by atoms with Crippen LogP contribution in [0.3, 0.4) is 0 Å². The van der Waals surface area contributed by atoms with Gasteiger partial charge in [0, 0.05) is 43.6 Å². The number of hydrogen-bond donors (Lipinski definition) is 3. The Bertz CT molecular complexity index is 1140. The second-order valence-electron chi connectivity index (χ2n) is 8.39. The van der Waals surface area contributed by atoms with Gasteiger partial charge in [0.2, 0.25) is 0 Å². The molecule has 3 heterocycles. The number of aromatic nitrogens is 3. The highest BCUT2D eigenvalue weighted by molar-refractivity contribution is 5.72. The smallest absolute Gasteiger partial charge is 0.432 e. The van der Waals surface area contributed by atoms with Gasteiger partial charge in [-0.2, -0.15) is 13.2 Å². The van der Waals surface area contributed by atoms with Crippen LogP contribution in [0.4, 0.5) is 24.7 Å². The van der Waals surface area contributed by atoms with Crippen molar-refractivity contribution in [1.82, 2.24) is 15.0 Å². The van der Waals surface area contributed by atoms with Crippen molar-refractivity contribution in [2.45, 2.75) is 18.7 Å². The Kier molecular flexibility index (Phi) is 7.75. The van der Waals surface area contributed by atoms with Crippen molar-refractivity contribution in [3.8, 4) is 11.4 Å². The molecule has 4 rings (SSSR count). The number of carbonyl (C=O) groups excluding carboxylic acids is 1. The first-order chi connectivity index (χ1) is 17.2. The lowest BCUT2D eigenvalue weighted by molar-refractivity contribution is -0.146. The fourth-order valence-electron chi connectivity index (χ4n) is 3.80. The SMILES string of the molecule is O=C(Cc1ccc(N2CCN(c3ccc(-c4ncc(C(F)(F)F)[nH]4)cn3)CC2)cc1)OCC(O)CO. The quantitative estimate of drug-likeness (QED) is 0.400. The number of alkyl halides is 3. The van der Waals surface area contributed by atoms with Gasteiger partial charge >= 0.3 is 12.1 Å². The molecule has 0 aliphatic carbocycles. The summed E-state index contributed by atoms with van der Waals surface area (Å²) in [5.41, 5.74) is 1.37. The lowest BCUT2D eigenvalue weighted by atomic mass is 10.1. The van der Waals surface area contributed by atoms with Crippen molar-refractivity contribution < 1.29 is 32.9 Å². The first kappa shape index (κ1) is 25.5. The molecule has 1 aliphatic heterocycles.